The summed E-state index contributed by atoms with van der Waals surface area (Å²) in [6, 6.07) is 0. The van der Waals surface area contributed by atoms with E-state index in [1.165, 1.54) is 16.7 Å². The Kier molecular flexibility index (Phi) is 7.53. The molecule has 2 aliphatic heterocycles. The van der Waals surface area contributed by atoms with Crippen LogP contribution in [-0.2, 0) is 14.4 Å². The summed E-state index contributed by atoms with van der Waals surface area (Å²) >= 11 is 1.28. The van der Waals surface area contributed by atoms with Gasteiger partial charge < -0.3 is 13.1 Å². The van der Waals surface area contributed by atoms with Gasteiger partial charge in [-0.3, -0.25) is 14.5 Å². The monoisotopic (exact) mass is 291 g/mol. The molecule has 2 aliphatic rings. The number of rotatable bonds is 4. The molecule has 0 aromatic heterocycles. The normalized spacial score (nSPS) is 20.6. The molecule has 1 atom stereocenters. The Morgan fingerprint density at radius 3 is 2.44 bits per heavy atom. The predicted octanol–water partition coefficient (Wildman–Crippen LogP) is -5.31. The summed E-state index contributed by atoms with van der Waals surface area (Å²) in [6.07, 6.45) is 0.383. The average Bonchev–Trinajstić information content (AvgIpc) is 2.47. The van der Waals surface area contributed by atoms with Gasteiger partial charge in [0, 0.05) is 11.3 Å². The van der Waals surface area contributed by atoms with Crippen molar-refractivity contribution in [2.75, 3.05) is 0 Å². The van der Waals surface area contributed by atoms with Crippen molar-refractivity contribution in [1.82, 2.24) is 4.90 Å². The molecule has 1 fully saturated rings. The van der Waals surface area contributed by atoms with Crippen molar-refractivity contribution in [3.05, 3.63) is 10.6 Å². The van der Waals surface area contributed by atoms with E-state index in [1.54, 1.807) is 0 Å². The van der Waals surface area contributed by atoms with E-state index in [9.17, 15) is 14.4 Å². The van der Waals surface area contributed by atoms with Crippen LogP contribution >= 0.6 is 11.8 Å². The molecular formula is C9H11NNa2O5S. The third kappa shape index (κ3) is 3.53. The molecule has 0 bridgehead atoms. The van der Waals surface area contributed by atoms with Gasteiger partial charge >= 0.3 is 71.1 Å². The van der Waals surface area contributed by atoms with E-state index in [2.05, 4.69) is 0 Å². The van der Waals surface area contributed by atoms with Crippen LogP contribution in [0.5, 0.6) is 0 Å². The fourth-order valence-electron chi connectivity index (χ4n) is 1.72. The molecule has 2 N–H and O–H groups in total. The van der Waals surface area contributed by atoms with Crippen molar-refractivity contribution in [1.29, 1.82) is 0 Å². The largest absolute Gasteiger partial charge is 1.00 e. The Morgan fingerprint density at radius 2 is 2.00 bits per heavy atom. The number of hydrogen-bond donors (Lipinski definition) is 2. The number of carboxylic acid groups (broad SMARTS) is 2. The number of hydrogen-bond acceptors (Lipinski definition) is 4. The maximum Gasteiger partial charge on any atom is 1.00 e. The number of thioether (sulfide) groups is 1. The zero-order valence-electron chi connectivity index (χ0n) is 12.2. The van der Waals surface area contributed by atoms with Gasteiger partial charge in [-0.2, -0.15) is 0 Å². The van der Waals surface area contributed by atoms with Crippen LogP contribution in [0.2, 0.25) is 0 Å². The van der Waals surface area contributed by atoms with Gasteiger partial charge in [0.15, 0.2) is 0 Å². The number of carboxylic acids is 2. The predicted molar refractivity (Wildman–Crippen MR) is 56.6 cm³/mol. The quantitative estimate of drug-likeness (QED) is 0.397. The Hall–Kier alpha value is 0.500. The number of fused-ring (bicyclic) bond motifs is 1. The Balaban J connectivity index is -0.000000722. The molecule has 0 radical (unpaired) electrons. The van der Waals surface area contributed by atoms with Crippen molar-refractivity contribution in [2.24, 2.45) is 0 Å². The molecule has 0 unspecified atom stereocenters. The number of amides is 1. The molecule has 1 saturated heterocycles. The van der Waals surface area contributed by atoms with Crippen LogP contribution in [0.25, 0.3) is 0 Å². The first-order valence-electron chi connectivity index (χ1n) is 4.67. The zero-order valence-corrected chi connectivity index (χ0v) is 15.0. The van der Waals surface area contributed by atoms with Crippen LogP contribution in [0.4, 0.5) is 0 Å². The van der Waals surface area contributed by atoms with Gasteiger partial charge in [-0.15, -0.1) is 11.8 Å². The molecule has 0 saturated carbocycles. The second-order valence-corrected chi connectivity index (χ2v) is 4.78. The van der Waals surface area contributed by atoms with Crippen LogP contribution in [0.15, 0.2) is 10.6 Å². The molecule has 0 aromatic rings. The topological polar surface area (TPSA) is 94.9 Å². The van der Waals surface area contributed by atoms with Crippen molar-refractivity contribution in [3.8, 4) is 0 Å². The summed E-state index contributed by atoms with van der Waals surface area (Å²) < 4.78 is 0. The van der Waals surface area contributed by atoms with Gasteiger partial charge in [0.25, 0.3) is 0 Å². The van der Waals surface area contributed by atoms with Gasteiger partial charge in [-0.05, 0) is 6.42 Å². The SMILES string of the molecule is O=C(O)CCC1=C(C(=O)O)N2C(=O)C[C@H]2S1.[H-].[H-].[Na+].[Na+]. The second kappa shape index (κ2) is 7.33. The molecule has 9 heteroatoms. The van der Waals surface area contributed by atoms with E-state index in [-0.39, 0.29) is 91.8 Å². The molecule has 6 nitrogen and oxygen atoms in total. The van der Waals surface area contributed by atoms with E-state index in [0.29, 0.717) is 11.3 Å². The number of β-lactam (4-membered cyclic amide) rings is 1. The Bertz CT molecular complexity index is 435. The minimum atomic E-state index is -1.16. The van der Waals surface area contributed by atoms with E-state index in [0.717, 1.165) is 0 Å². The number of carbonyl (C=O) groups excluding carboxylic acids is 1. The van der Waals surface area contributed by atoms with Crippen molar-refractivity contribution < 1.29 is 86.6 Å². The molecule has 18 heavy (non-hydrogen) atoms. The average molecular weight is 291 g/mol. The van der Waals surface area contributed by atoms with E-state index >= 15 is 0 Å². The molecule has 90 valence electrons. The van der Waals surface area contributed by atoms with E-state index < -0.39 is 11.9 Å². The van der Waals surface area contributed by atoms with Crippen LogP contribution in [-0.4, -0.2) is 38.3 Å². The minimum absolute atomic E-state index is 0. The molecule has 0 aliphatic carbocycles. The summed E-state index contributed by atoms with van der Waals surface area (Å²) in [4.78, 5) is 34.3. The van der Waals surface area contributed by atoms with Gasteiger partial charge in [0.1, 0.15) is 5.70 Å². The Labute approximate surface area is 155 Å². The summed E-state index contributed by atoms with van der Waals surface area (Å²) in [6.45, 7) is 0. The van der Waals surface area contributed by atoms with Crippen LogP contribution in [0.3, 0.4) is 0 Å². The van der Waals surface area contributed by atoms with Gasteiger partial charge in [-0.1, -0.05) is 0 Å². The first-order chi connectivity index (χ1) is 7.50. The standard InChI is InChI=1S/C9H9NO5S.2Na.2H/c11-5-3-6-10(5)8(9(14)15)4(16-6)1-2-7(12)13;;;;/h6H,1-3H2,(H,12,13)(H,14,15);;;;/q;2*+1;2*-1/t6-;;;;/m1..../s1. The molecule has 1 amide bonds. The third-order valence-corrected chi connectivity index (χ3v) is 3.79. The van der Waals surface area contributed by atoms with E-state index in [4.69, 9.17) is 10.2 Å². The summed E-state index contributed by atoms with van der Waals surface area (Å²) in [7, 11) is 0. The number of carbonyl (C=O) groups is 3. The fraction of sp³-hybridized carbons (Fsp3) is 0.444. The number of nitrogens with zero attached hydrogens (tertiary/aromatic N) is 1. The van der Waals surface area contributed by atoms with Crippen LogP contribution in [0, 0.1) is 0 Å². The number of allylic oxidation sites excluding steroid dienone is 1. The number of aliphatic carboxylic acids is 2. The Morgan fingerprint density at radius 1 is 1.39 bits per heavy atom. The van der Waals surface area contributed by atoms with Gasteiger partial charge in [-0.25, -0.2) is 4.79 Å². The first kappa shape index (κ1) is 18.5. The fourth-order valence-corrected chi connectivity index (χ4v) is 3.12. The van der Waals surface area contributed by atoms with Crippen LogP contribution < -0.4 is 59.1 Å². The molecule has 0 spiro atoms. The molecule has 2 heterocycles. The van der Waals surface area contributed by atoms with E-state index in [1.807, 2.05) is 0 Å². The molecular weight excluding hydrogens is 280 g/mol. The van der Waals surface area contributed by atoms with Gasteiger partial charge in [0.05, 0.1) is 11.8 Å². The maximum atomic E-state index is 11.2. The third-order valence-electron chi connectivity index (χ3n) is 2.46. The molecule has 0 aromatic carbocycles. The minimum Gasteiger partial charge on any atom is -1.00 e. The smallest absolute Gasteiger partial charge is 1.00 e. The second-order valence-electron chi connectivity index (χ2n) is 3.51. The summed E-state index contributed by atoms with van der Waals surface area (Å²) in [5, 5.41) is 17.4. The molecule has 2 rings (SSSR count). The van der Waals surface area contributed by atoms with Crippen molar-refractivity contribution >= 4 is 29.6 Å². The van der Waals surface area contributed by atoms with Crippen molar-refractivity contribution in [2.45, 2.75) is 24.6 Å². The maximum absolute atomic E-state index is 11.2. The van der Waals surface area contributed by atoms with Crippen LogP contribution in [0.1, 0.15) is 22.1 Å². The van der Waals surface area contributed by atoms with Gasteiger partial charge in [0.2, 0.25) is 5.91 Å². The summed E-state index contributed by atoms with van der Waals surface area (Å²) in [5.74, 6) is -2.35. The van der Waals surface area contributed by atoms with Crippen molar-refractivity contribution in [3.63, 3.8) is 0 Å². The summed E-state index contributed by atoms with van der Waals surface area (Å²) in [5.41, 5.74) is -0.0347. The first-order valence-corrected chi connectivity index (χ1v) is 5.55. The zero-order chi connectivity index (χ0) is 11.9.